The summed E-state index contributed by atoms with van der Waals surface area (Å²) < 4.78 is 0. The lowest BCUT2D eigenvalue weighted by atomic mass is 10.8. The average molecular weight is 226 g/mol. The van der Waals surface area contributed by atoms with Crippen molar-refractivity contribution in [3.8, 4) is 0 Å². The van der Waals surface area contributed by atoms with Gasteiger partial charge >= 0.3 is 5.97 Å². The first kappa shape index (κ1) is 12.5. The van der Waals surface area contributed by atoms with Gasteiger partial charge in [0.15, 0.2) is 0 Å². The van der Waals surface area contributed by atoms with Crippen LogP contribution in [0.15, 0.2) is 0 Å². The van der Waals surface area contributed by atoms with Crippen LogP contribution in [-0.4, -0.2) is 46.1 Å². The minimum atomic E-state index is -0.714. The first-order chi connectivity index (χ1) is 5.77. The van der Waals surface area contributed by atoms with Gasteiger partial charge in [0.2, 0.25) is 0 Å². The largest absolute Gasteiger partial charge is 0.481 e. The van der Waals surface area contributed by atoms with E-state index < -0.39 is 5.97 Å². The molecular formula is C7H14O2S3. The van der Waals surface area contributed by atoms with Crippen LogP contribution in [0.2, 0.25) is 0 Å². The average Bonchev–Trinajstić information content (AvgIpc) is 2.02. The molecule has 0 amide bonds. The zero-order chi connectivity index (χ0) is 9.23. The van der Waals surface area contributed by atoms with E-state index in [-0.39, 0.29) is 5.75 Å². The number of rotatable bonds is 8. The summed E-state index contributed by atoms with van der Waals surface area (Å²) in [5.74, 6) is 3.91. The van der Waals surface area contributed by atoms with Crippen LogP contribution in [0.5, 0.6) is 0 Å². The number of carbonyl (C=O) groups is 1. The Morgan fingerprint density at radius 2 is 1.75 bits per heavy atom. The Labute approximate surface area is 86.3 Å². The third-order valence-corrected chi connectivity index (χ3v) is 4.09. The second-order valence-corrected chi connectivity index (χ2v) is 5.37. The van der Waals surface area contributed by atoms with Gasteiger partial charge in [0.1, 0.15) is 0 Å². The molecule has 0 aliphatic heterocycles. The van der Waals surface area contributed by atoms with Crippen molar-refractivity contribution in [2.24, 2.45) is 0 Å². The maximum absolute atomic E-state index is 10.1. The number of thioether (sulfide) groups is 3. The van der Waals surface area contributed by atoms with Crippen molar-refractivity contribution in [2.75, 3.05) is 35.0 Å². The van der Waals surface area contributed by atoms with Gasteiger partial charge in [-0.1, -0.05) is 0 Å². The third kappa shape index (κ3) is 10.5. The van der Waals surface area contributed by atoms with Crippen LogP contribution in [0.25, 0.3) is 0 Å². The first-order valence-electron chi connectivity index (χ1n) is 3.63. The fourth-order valence-electron chi connectivity index (χ4n) is 0.522. The molecule has 0 aromatic rings. The number of carboxylic acids is 1. The fraction of sp³-hybridized carbons (Fsp3) is 0.857. The molecule has 0 saturated heterocycles. The number of carboxylic acid groups (broad SMARTS) is 1. The molecule has 0 aliphatic carbocycles. The van der Waals surface area contributed by atoms with Gasteiger partial charge in [-0.2, -0.15) is 23.5 Å². The van der Waals surface area contributed by atoms with Crippen molar-refractivity contribution in [3.05, 3.63) is 0 Å². The molecule has 5 heteroatoms. The predicted octanol–water partition coefficient (Wildman–Crippen LogP) is 1.90. The van der Waals surface area contributed by atoms with Crippen LogP contribution in [-0.2, 0) is 4.79 Å². The summed E-state index contributed by atoms with van der Waals surface area (Å²) in [4.78, 5) is 10.1. The van der Waals surface area contributed by atoms with E-state index >= 15 is 0 Å². The summed E-state index contributed by atoms with van der Waals surface area (Å²) in [6.45, 7) is 0. The number of hydrogen-bond acceptors (Lipinski definition) is 4. The smallest absolute Gasteiger partial charge is 0.313 e. The Hall–Kier alpha value is 0.520. The zero-order valence-corrected chi connectivity index (χ0v) is 9.57. The second kappa shape index (κ2) is 9.61. The highest BCUT2D eigenvalue weighted by Crippen LogP contribution is 2.08. The van der Waals surface area contributed by atoms with E-state index in [2.05, 4.69) is 6.26 Å². The van der Waals surface area contributed by atoms with Gasteiger partial charge in [0.05, 0.1) is 5.75 Å². The van der Waals surface area contributed by atoms with E-state index in [1.54, 1.807) is 0 Å². The molecule has 0 unspecified atom stereocenters. The normalized spacial score (nSPS) is 10.1. The molecule has 0 aliphatic rings. The van der Waals surface area contributed by atoms with Gasteiger partial charge < -0.3 is 5.11 Å². The monoisotopic (exact) mass is 226 g/mol. The molecule has 0 aromatic heterocycles. The standard InChI is InChI=1S/C7H14O2S3/c1-10-2-3-11-4-5-12-6-7(8)9/h2-6H2,1H3,(H,8,9). The van der Waals surface area contributed by atoms with Crippen molar-refractivity contribution in [3.63, 3.8) is 0 Å². The van der Waals surface area contributed by atoms with Crippen LogP contribution in [0, 0.1) is 0 Å². The maximum atomic E-state index is 10.1. The summed E-state index contributed by atoms with van der Waals surface area (Å²) in [5, 5.41) is 8.32. The Balaban J connectivity index is 2.86. The third-order valence-electron chi connectivity index (χ3n) is 1.03. The highest BCUT2D eigenvalue weighted by molar-refractivity contribution is 8.04. The van der Waals surface area contributed by atoms with Gasteiger partial charge in [-0.25, -0.2) is 0 Å². The molecule has 0 fully saturated rings. The highest BCUT2D eigenvalue weighted by atomic mass is 32.2. The van der Waals surface area contributed by atoms with Crippen LogP contribution >= 0.6 is 35.3 Å². The highest BCUT2D eigenvalue weighted by Gasteiger charge is 1.95. The molecule has 0 bridgehead atoms. The van der Waals surface area contributed by atoms with Gasteiger partial charge in [0.25, 0.3) is 0 Å². The number of hydrogen-bond donors (Lipinski definition) is 1. The lowest BCUT2D eigenvalue weighted by Crippen LogP contribution is -1.99. The first-order valence-corrected chi connectivity index (χ1v) is 7.34. The van der Waals surface area contributed by atoms with Gasteiger partial charge in [0, 0.05) is 23.0 Å². The molecule has 0 radical (unpaired) electrons. The maximum Gasteiger partial charge on any atom is 0.313 e. The van der Waals surface area contributed by atoms with Crippen molar-refractivity contribution in [2.45, 2.75) is 0 Å². The van der Waals surface area contributed by atoms with Crippen LogP contribution in [0.3, 0.4) is 0 Å². The Kier molecular flexibility index (Phi) is 10.0. The van der Waals surface area contributed by atoms with E-state index in [1.165, 1.54) is 23.3 Å². The predicted molar refractivity (Wildman–Crippen MR) is 60.7 cm³/mol. The van der Waals surface area contributed by atoms with Gasteiger partial charge in [-0.15, -0.1) is 11.8 Å². The molecule has 2 nitrogen and oxygen atoms in total. The Morgan fingerprint density at radius 3 is 2.33 bits per heavy atom. The van der Waals surface area contributed by atoms with Crippen LogP contribution in [0.1, 0.15) is 0 Å². The van der Waals surface area contributed by atoms with E-state index in [0.29, 0.717) is 0 Å². The molecule has 0 saturated carbocycles. The summed E-state index contributed by atoms with van der Waals surface area (Å²) in [7, 11) is 0. The molecule has 0 spiro atoms. The van der Waals surface area contributed by atoms with Crippen molar-refractivity contribution < 1.29 is 9.90 Å². The molecule has 72 valence electrons. The summed E-state index contributed by atoms with van der Waals surface area (Å²) >= 11 is 5.24. The molecule has 0 atom stereocenters. The topological polar surface area (TPSA) is 37.3 Å². The molecule has 0 heterocycles. The quantitative estimate of drug-likeness (QED) is 0.640. The Bertz CT molecular complexity index is 119. The number of aliphatic carboxylic acids is 1. The van der Waals surface area contributed by atoms with Crippen molar-refractivity contribution >= 4 is 41.3 Å². The molecule has 0 rings (SSSR count). The molecule has 1 N–H and O–H groups in total. The zero-order valence-electron chi connectivity index (χ0n) is 7.12. The fourth-order valence-corrected chi connectivity index (χ4v) is 3.13. The lowest BCUT2D eigenvalue weighted by Gasteiger charge is -1.98. The minimum Gasteiger partial charge on any atom is -0.481 e. The SMILES string of the molecule is CSCCSCCSCC(=O)O. The van der Waals surface area contributed by atoms with Crippen LogP contribution < -0.4 is 0 Å². The van der Waals surface area contributed by atoms with Gasteiger partial charge in [-0.3, -0.25) is 4.79 Å². The summed E-state index contributed by atoms with van der Waals surface area (Å²) in [6, 6.07) is 0. The lowest BCUT2D eigenvalue weighted by molar-refractivity contribution is -0.133. The molecular weight excluding hydrogens is 212 g/mol. The Morgan fingerprint density at radius 1 is 1.17 bits per heavy atom. The summed E-state index contributed by atoms with van der Waals surface area (Å²) in [6.07, 6.45) is 2.10. The molecule has 12 heavy (non-hydrogen) atoms. The van der Waals surface area contributed by atoms with Gasteiger partial charge in [-0.05, 0) is 6.26 Å². The van der Waals surface area contributed by atoms with Crippen molar-refractivity contribution in [1.29, 1.82) is 0 Å². The molecule has 0 aromatic carbocycles. The van der Waals surface area contributed by atoms with E-state index in [0.717, 1.165) is 11.5 Å². The second-order valence-electron chi connectivity index (χ2n) is 2.05. The summed E-state index contributed by atoms with van der Waals surface area (Å²) in [5.41, 5.74) is 0. The van der Waals surface area contributed by atoms with Crippen molar-refractivity contribution in [1.82, 2.24) is 0 Å². The van der Waals surface area contributed by atoms with E-state index in [1.807, 2.05) is 23.5 Å². The minimum absolute atomic E-state index is 0.239. The van der Waals surface area contributed by atoms with Crippen LogP contribution in [0.4, 0.5) is 0 Å². The van der Waals surface area contributed by atoms with E-state index in [4.69, 9.17) is 5.11 Å². The van der Waals surface area contributed by atoms with E-state index in [9.17, 15) is 4.79 Å².